The second-order valence-corrected chi connectivity index (χ2v) is 20.7. The molecule has 0 aromatic carbocycles. The minimum atomic E-state index is -4.74. The Labute approximate surface area is 528 Å². The predicted molar refractivity (Wildman–Crippen MR) is 329 cm³/mol. The summed E-state index contributed by atoms with van der Waals surface area (Å²) in [6.45, 7) is 21.7. The molecule has 5 N–H and O–H groups in total. The number of methoxy groups -OCH3 is 4. The molecule has 0 saturated heterocycles. The fraction of sp³-hybridized carbons (Fsp3) is 0.685. The third-order valence-corrected chi connectivity index (χ3v) is 10.7. The number of aliphatic hydroxyl groups is 1. The van der Waals surface area contributed by atoms with E-state index in [0.29, 0.717) is 37.6 Å². The molecule has 89 heavy (non-hydrogen) atoms. The van der Waals surface area contributed by atoms with Crippen LogP contribution in [0, 0.1) is 20.2 Å². The predicted octanol–water partition coefficient (Wildman–Crippen LogP) is 12.6. The van der Waals surface area contributed by atoms with E-state index in [0.717, 1.165) is 18.9 Å². The van der Waals surface area contributed by atoms with Crippen LogP contribution in [0.4, 0.5) is 77.8 Å². The second-order valence-electron chi connectivity index (χ2n) is 20.3. The molecule has 0 saturated carbocycles. The number of nitro groups is 2. The number of aromatic nitrogens is 3. The zero-order chi connectivity index (χ0) is 67.2. The summed E-state index contributed by atoms with van der Waals surface area (Å²) >= 11 is 5.13. The Morgan fingerprint density at radius 2 is 0.966 bits per heavy atom. The minimum absolute atomic E-state index is 0. The Morgan fingerprint density at radius 3 is 1.29 bits per heavy atom. The van der Waals surface area contributed by atoms with E-state index in [2.05, 4.69) is 32.5 Å². The van der Waals surface area contributed by atoms with E-state index in [-0.39, 0.29) is 95.5 Å². The molecule has 0 fully saturated rings. The molecule has 0 bridgehead atoms. The summed E-state index contributed by atoms with van der Waals surface area (Å²) in [7, 11) is 12.8. The normalized spacial score (nSPS) is 12.6. The van der Waals surface area contributed by atoms with E-state index in [9.17, 15) is 69.3 Å². The summed E-state index contributed by atoms with van der Waals surface area (Å²) in [4.78, 5) is 56.0. The molecule has 3 rings (SSSR count). The smallest absolute Gasteiger partial charge is 0.420 e. The lowest BCUT2D eigenvalue weighted by Crippen LogP contribution is -2.41. The lowest BCUT2D eigenvalue weighted by molar-refractivity contribution is -0.385. The lowest BCUT2D eigenvalue weighted by atomic mass is 10.2. The van der Waals surface area contributed by atoms with Crippen molar-refractivity contribution in [3.05, 3.63) is 78.9 Å². The summed E-state index contributed by atoms with van der Waals surface area (Å²) in [5.74, 6) is -0.520. The highest BCUT2D eigenvalue weighted by molar-refractivity contribution is 6.30. The van der Waals surface area contributed by atoms with Crippen molar-refractivity contribution in [1.82, 2.24) is 30.5 Å². The van der Waals surface area contributed by atoms with Gasteiger partial charge in [-0.1, -0.05) is 33.9 Å². The molecule has 0 aliphatic carbocycles. The summed E-state index contributed by atoms with van der Waals surface area (Å²) in [5.41, 5.74) is -0.336. The number of alkyl carbamates (subject to hydrolysis) is 1. The maximum absolute atomic E-state index is 13.0. The van der Waals surface area contributed by atoms with E-state index >= 15 is 0 Å². The van der Waals surface area contributed by atoms with Gasteiger partial charge in [-0.15, -0.1) is 12.4 Å². The van der Waals surface area contributed by atoms with Gasteiger partial charge in [0.25, 0.3) is 11.4 Å². The number of nitrogens with two attached hydrogens (primary N) is 1. The maximum atomic E-state index is 13.0. The van der Waals surface area contributed by atoms with Gasteiger partial charge in [-0.3, -0.25) is 20.2 Å². The number of nitrogens with zero attached hydrogens (tertiary/aromatic N) is 8. The second kappa shape index (κ2) is 45.2. The Kier molecular flexibility index (Phi) is 49.0. The third kappa shape index (κ3) is 41.0. The molecule has 0 spiro atoms. The van der Waals surface area contributed by atoms with Gasteiger partial charge < -0.3 is 64.6 Å². The van der Waals surface area contributed by atoms with Gasteiger partial charge in [0.1, 0.15) is 51.5 Å². The fourth-order valence-corrected chi connectivity index (χ4v) is 5.82. The van der Waals surface area contributed by atoms with Crippen LogP contribution in [0.15, 0.2) is 36.8 Å². The van der Waals surface area contributed by atoms with Crippen LogP contribution in [-0.2, 0) is 47.0 Å². The summed E-state index contributed by atoms with van der Waals surface area (Å²) in [5, 5.41) is 34.0. The highest BCUT2D eigenvalue weighted by Crippen LogP contribution is 2.39. The molecule has 522 valence electrons. The van der Waals surface area contributed by atoms with Crippen molar-refractivity contribution >= 4 is 64.9 Å². The van der Waals surface area contributed by atoms with Crippen LogP contribution in [0.5, 0.6) is 0 Å². The van der Waals surface area contributed by atoms with Crippen molar-refractivity contribution in [2.45, 2.75) is 158 Å². The molecule has 3 aromatic heterocycles. The number of amides is 2. The molecule has 3 heterocycles. The monoisotopic (exact) mass is 1350 g/mol. The van der Waals surface area contributed by atoms with E-state index in [4.69, 9.17) is 50.9 Å². The van der Waals surface area contributed by atoms with Gasteiger partial charge in [0.2, 0.25) is 0 Å². The topological polar surface area (TPSA) is 294 Å². The molecule has 3 aromatic rings. The molecule has 0 aliphatic rings. The number of nitrogens with one attached hydrogen (secondary N) is 2. The zero-order valence-electron chi connectivity index (χ0n) is 51.6. The molecule has 2 amide bonds. The molecule has 35 heteroatoms. The zero-order valence-corrected chi connectivity index (χ0v) is 53.1. The number of rotatable bonds is 18. The van der Waals surface area contributed by atoms with Crippen LogP contribution < -0.4 is 26.2 Å². The molecular formula is C54H96Cl2F9N11O13. The molecular weight excluding hydrogens is 1250 g/mol. The number of hydrogen-bond donors (Lipinski definition) is 4. The largest absolute Gasteiger partial charge is 0.444 e. The van der Waals surface area contributed by atoms with E-state index in [1.165, 1.54) is 49.2 Å². The van der Waals surface area contributed by atoms with Gasteiger partial charge >= 0.3 is 30.7 Å². The van der Waals surface area contributed by atoms with Crippen molar-refractivity contribution in [2.75, 3.05) is 105 Å². The summed E-state index contributed by atoms with van der Waals surface area (Å²) in [6.07, 6.45) is -12.1. The van der Waals surface area contributed by atoms with E-state index in [1.54, 1.807) is 62.8 Å². The quantitative estimate of drug-likeness (QED) is 0.0398. The minimum Gasteiger partial charge on any atom is -0.444 e. The van der Waals surface area contributed by atoms with Crippen molar-refractivity contribution in [1.29, 1.82) is 0 Å². The Balaban J connectivity index is -0.000000184. The summed E-state index contributed by atoms with van der Waals surface area (Å²) < 4.78 is 144. The van der Waals surface area contributed by atoms with Crippen molar-refractivity contribution < 1.29 is 92.5 Å². The van der Waals surface area contributed by atoms with Crippen LogP contribution in [0.2, 0.25) is 5.15 Å². The highest BCUT2D eigenvalue weighted by Gasteiger charge is 2.39. The number of alkyl halides is 9. The lowest BCUT2D eigenvalue weighted by Gasteiger charge is -2.28. The van der Waals surface area contributed by atoms with Gasteiger partial charge in [0.15, 0.2) is 0 Å². The molecule has 0 aliphatic heterocycles. The third-order valence-electron chi connectivity index (χ3n) is 10.4. The first-order chi connectivity index (χ1) is 38.7. The number of nitrogen functional groups attached to an aromatic ring is 1. The molecule has 5 atom stereocenters. The fourth-order valence-electron chi connectivity index (χ4n) is 5.61. The van der Waals surface area contributed by atoms with Gasteiger partial charge in [-0.25, -0.2) is 24.5 Å². The first kappa shape index (κ1) is 96.5. The number of carbonyl (C=O) groups excluding carboxylic acids is 2. The average Bonchev–Trinajstić information content (AvgIpc) is 3.54. The van der Waals surface area contributed by atoms with Gasteiger partial charge in [0, 0.05) is 67.8 Å². The van der Waals surface area contributed by atoms with Crippen molar-refractivity contribution in [2.24, 2.45) is 0 Å². The number of carbonyl (C=O) groups is 2. The SMILES string of the molecule is C.C.C.CN[C@H](C)COC.COC[C@@H](C)N(C)C(=O)OC(C)(C)C.COC[C@@H](C)N(C)c1ncc(N)cc1C(F)(F)F.COC[C@@H](C)N(C)c1ncc([N+](=O)[O-])cc1C(F)(F)F.C[C@H](CO)NC(=O)OC(C)(C)C.Cl.O=[N+]([O-])c1cnc(Cl)c(C(F)(F)F)c1. The van der Waals surface area contributed by atoms with Gasteiger partial charge in [-0.2, -0.15) is 39.5 Å². The first-order valence-electron chi connectivity index (χ1n) is 25.3. The van der Waals surface area contributed by atoms with E-state index in [1.807, 2.05) is 34.7 Å². The van der Waals surface area contributed by atoms with Crippen LogP contribution in [0.25, 0.3) is 0 Å². The number of aliphatic hydroxyl groups excluding tert-OH is 1. The van der Waals surface area contributed by atoms with Crippen LogP contribution in [0.3, 0.4) is 0 Å². The number of pyridine rings is 3. The molecule has 24 nitrogen and oxygen atoms in total. The number of hydrogen-bond acceptors (Lipinski definition) is 20. The van der Waals surface area contributed by atoms with Crippen LogP contribution in [-0.4, -0.2) is 178 Å². The first-order valence-corrected chi connectivity index (χ1v) is 25.6. The van der Waals surface area contributed by atoms with Gasteiger partial charge in [0.05, 0.1) is 84.5 Å². The van der Waals surface area contributed by atoms with Crippen LogP contribution >= 0.6 is 24.0 Å². The Bertz CT molecular complexity index is 2470. The van der Waals surface area contributed by atoms with Crippen molar-refractivity contribution in [3.8, 4) is 0 Å². The number of anilines is 3. The standard InChI is InChI=1S/C11H14F3N3O3.C11H16F3N3O.C10H21NO3.C8H17NO3.C6H2ClF3N2O2.C5H13NO.3CH4.ClH/c1-7(6-20-3)16(2)10-9(11(12,13)14)4-8(5-15-10)17(18)19;1-7(6-18-3)17(2)10-9(11(12,13)14)4-8(15)5-16-10;1-8(7-13-6)11(5)9(12)14-10(2,3)4;1-6(5-10)9-7(11)12-8(2,3)4;7-5-4(6(8,9)10)1-3(2-11-5)12(13)14;1-5(6-2)4-7-3;;;;/h4-5,7H,6H2,1-3H3;4-5,7H,6,15H2,1-3H3;8H,7H2,1-6H3;6,10H,5H2,1-4H3,(H,9,11);1-2H;5-6H,4H2,1-3H3;3*1H4;1H/t2*7-;8-;6-;;5-;;;;/m1111.1..../s1. The molecule has 0 unspecified atom stereocenters. The highest BCUT2D eigenvalue weighted by atomic mass is 35.5. The Morgan fingerprint density at radius 1 is 0.618 bits per heavy atom. The summed E-state index contributed by atoms with van der Waals surface area (Å²) in [6, 6.07) is 1.36. The number of likely N-dealkylation sites (N-methyl/N-ethyl adjacent to an activating group) is 4. The number of ether oxygens (including phenoxy) is 6. The Hall–Kier alpha value is -6.10. The number of halogens is 11. The average molecular weight is 1350 g/mol. The van der Waals surface area contributed by atoms with Crippen molar-refractivity contribution in [3.63, 3.8) is 0 Å². The van der Waals surface area contributed by atoms with Gasteiger partial charge in [-0.05, 0) is 89.3 Å². The molecule has 0 radical (unpaired) electrons. The van der Waals surface area contributed by atoms with Crippen LogP contribution in [0.1, 0.15) is 115 Å². The maximum Gasteiger partial charge on any atom is 0.420 e. The van der Waals surface area contributed by atoms with E-state index < -0.39 is 78.9 Å².